The van der Waals surface area contributed by atoms with Gasteiger partial charge < -0.3 is 16.0 Å². The van der Waals surface area contributed by atoms with E-state index in [1.165, 1.54) is 0 Å². The first-order valence-corrected chi connectivity index (χ1v) is 6.84. The van der Waals surface area contributed by atoms with Crippen LogP contribution in [0.3, 0.4) is 0 Å². The summed E-state index contributed by atoms with van der Waals surface area (Å²) in [4.78, 5) is 22.9. The Morgan fingerprint density at radius 3 is 2.39 bits per heavy atom. The number of hydrogen-bond acceptors (Lipinski definition) is 3. The second-order valence-corrected chi connectivity index (χ2v) is 5.19. The summed E-state index contributed by atoms with van der Waals surface area (Å²) in [5.41, 5.74) is 0. The minimum Gasteiger partial charge on any atom is -0.354 e. The number of carbonyl (C=O) groups excluding carboxylic acids is 2. The van der Waals surface area contributed by atoms with Crippen LogP contribution in [0.1, 0.15) is 33.1 Å². The SMILES string of the molecule is CC(C)C(=O)NCCNC(=O)CC1CCNCC1. The van der Waals surface area contributed by atoms with E-state index in [0.29, 0.717) is 25.4 Å². The summed E-state index contributed by atoms with van der Waals surface area (Å²) in [6.45, 7) is 6.76. The Morgan fingerprint density at radius 1 is 1.17 bits per heavy atom. The Bertz CT molecular complexity index is 273. The van der Waals surface area contributed by atoms with E-state index in [-0.39, 0.29) is 17.7 Å². The lowest BCUT2D eigenvalue weighted by Gasteiger charge is -2.21. The molecule has 18 heavy (non-hydrogen) atoms. The molecule has 3 N–H and O–H groups in total. The first-order valence-electron chi connectivity index (χ1n) is 6.84. The van der Waals surface area contributed by atoms with E-state index in [0.717, 1.165) is 25.9 Å². The number of piperidine rings is 1. The average molecular weight is 255 g/mol. The van der Waals surface area contributed by atoms with Crippen LogP contribution < -0.4 is 16.0 Å². The van der Waals surface area contributed by atoms with E-state index in [4.69, 9.17) is 0 Å². The maximum Gasteiger partial charge on any atom is 0.222 e. The standard InChI is InChI=1S/C13H25N3O2/c1-10(2)13(18)16-8-7-15-12(17)9-11-3-5-14-6-4-11/h10-11,14H,3-9H2,1-2H3,(H,15,17)(H,16,18). The summed E-state index contributed by atoms with van der Waals surface area (Å²) in [5.74, 6) is 0.634. The Morgan fingerprint density at radius 2 is 1.78 bits per heavy atom. The van der Waals surface area contributed by atoms with Crippen molar-refractivity contribution in [1.29, 1.82) is 0 Å². The molecule has 0 saturated carbocycles. The Hall–Kier alpha value is -1.10. The third kappa shape index (κ3) is 6.00. The average Bonchev–Trinajstić information content (AvgIpc) is 2.35. The van der Waals surface area contributed by atoms with Gasteiger partial charge >= 0.3 is 0 Å². The number of nitrogens with one attached hydrogen (secondary N) is 3. The van der Waals surface area contributed by atoms with E-state index in [9.17, 15) is 9.59 Å². The van der Waals surface area contributed by atoms with E-state index in [1.807, 2.05) is 13.8 Å². The fourth-order valence-corrected chi connectivity index (χ4v) is 2.01. The minimum absolute atomic E-state index is 0.00422. The van der Waals surface area contributed by atoms with Crippen molar-refractivity contribution >= 4 is 11.8 Å². The zero-order chi connectivity index (χ0) is 13.4. The molecule has 2 amide bonds. The van der Waals surface area contributed by atoms with Crippen LogP contribution in [0.2, 0.25) is 0 Å². The highest BCUT2D eigenvalue weighted by atomic mass is 16.2. The predicted octanol–water partition coefficient (Wildman–Crippen LogP) is 0.265. The van der Waals surface area contributed by atoms with Gasteiger partial charge in [-0.1, -0.05) is 13.8 Å². The lowest BCUT2D eigenvalue weighted by Crippen LogP contribution is -2.37. The van der Waals surface area contributed by atoms with Gasteiger partial charge in [-0.3, -0.25) is 9.59 Å². The topological polar surface area (TPSA) is 70.2 Å². The van der Waals surface area contributed by atoms with Crippen molar-refractivity contribution in [1.82, 2.24) is 16.0 Å². The van der Waals surface area contributed by atoms with Crippen LogP contribution in [0.5, 0.6) is 0 Å². The maximum absolute atomic E-state index is 11.6. The molecular weight excluding hydrogens is 230 g/mol. The van der Waals surface area contributed by atoms with Gasteiger partial charge in [-0.05, 0) is 31.8 Å². The van der Waals surface area contributed by atoms with Crippen LogP contribution in [0.4, 0.5) is 0 Å². The molecule has 1 aliphatic heterocycles. The van der Waals surface area contributed by atoms with Crippen molar-refractivity contribution in [2.24, 2.45) is 11.8 Å². The molecule has 0 aromatic rings. The molecule has 1 aliphatic rings. The van der Waals surface area contributed by atoms with Gasteiger partial charge in [0.1, 0.15) is 0 Å². The largest absolute Gasteiger partial charge is 0.354 e. The summed E-state index contributed by atoms with van der Waals surface area (Å²) >= 11 is 0. The smallest absolute Gasteiger partial charge is 0.222 e. The van der Waals surface area contributed by atoms with Crippen LogP contribution in [-0.4, -0.2) is 38.0 Å². The molecule has 1 heterocycles. The number of carbonyl (C=O) groups is 2. The molecule has 1 rings (SSSR count). The zero-order valence-electron chi connectivity index (χ0n) is 11.4. The van der Waals surface area contributed by atoms with Crippen LogP contribution in [0.15, 0.2) is 0 Å². The summed E-state index contributed by atoms with van der Waals surface area (Å²) < 4.78 is 0. The van der Waals surface area contributed by atoms with E-state index in [2.05, 4.69) is 16.0 Å². The Balaban J connectivity index is 2.04. The lowest BCUT2D eigenvalue weighted by molar-refractivity contribution is -0.125. The van der Waals surface area contributed by atoms with Gasteiger partial charge in [0.15, 0.2) is 0 Å². The third-order valence-corrected chi connectivity index (χ3v) is 3.20. The summed E-state index contributed by atoms with van der Waals surface area (Å²) in [7, 11) is 0. The van der Waals surface area contributed by atoms with Gasteiger partial charge in [0.05, 0.1) is 0 Å². The molecule has 0 unspecified atom stereocenters. The molecule has 0 atom stereocenters. The fourth-order valence-electron chi connectivity index (χ4n) is 2.01. The monoisotopic (exact) mass is 255 g/mol. The van der Waals surface area contributed by atoms with Gasteiger partial charge in [0.25, 0.3) is 0 Å². The van der Waals surface area contributed by atoms with Crippen molar-refractivity contribution in [2.45, 2.75) is 33.1 Å². The van der Waals surface area contributed by atoms with E-state index >= 15 is 0 Å². The van der Waals surface area contributed by atoms with Crippen LogP contribution in [-0.2, 0) is 9.59 Å². The lowest BCUT2D eigenvalue weighted by atomic mass is 9.94. The zero-order valence-corrected chi connectivity index (χ0v) is 11.4. The molecule has 0 aromatic carbocycles. The van der Waals surface area contributed by atoms with Crippen LogP contribution in [0.25, 0.3) is 0 Å². The van der Waals surface area contributed by atoms with Gasteiger partial charge in [0.2, 0.25) is 11.8 Å². The molecule has 0 bridgehead atoms. The first-order chi connectivity index (χ1) is 8.59. The highest BCUT2D eigenvalue weighted by Crippen LogP contribution is 2.15. The Kier molecular flexibility index (Phi) is 6.72. The molecule has 1 fully saturated rings. The number of amides is 2. The molecule has 5 nitrogen and oxygen atoms in total. The molecule has 5 heteroatoms. The number of hydrogen-bond donors (Lipinski definition) is 3. The van der Waals surface area contributed by atoms with Gasteiger partial charge in [-0.15, -0.1) is 0 Å². The molecule has 0 aromatic heterocycles. The van der Waals surface area contributed by atoms with Crippen molar-refractivity contribution in [3.8, 4) is 0 Å². The molecule has 0 spiro atoms. The van der Waals surface area contributed by atoms with Crippen molar-refractivity contribution < 1.29 is 9.59 Å². The quantitative estimate of drug-likeness (QED) is 0.596. The summed E-state index contributed by atoms with van der Waals surface area (Å²) in [5, 5.41) is 8.91. The van der Waals surface area contributed by atoms with Gasteiger partial charge in [0, 0.05) is 25.4 Å². The Labute approximate surface area is 109 Å². The van der Waals surface area contributed by atoms with E-state index in [1.54, 1.807) is 0 Å². The van der Waals surface area contributed by atoms with Crippen molar-refractivity contribution in [3.63, 3.8) is 0 Å². The highest BCUT2D eigenvalue weighted by molar-refractivity contribution is 5.78. The highest BCUT2D eigenvalue weighted by Gasteiger charge is 2.16. The second kappa shape index (κ2) is 8.08. The summed E-state index contributed by atoms with van der Waals surface area (Å²) in [6.07, 6.45) is 2.77. The fraction of sp³-hybridized carbons (Fsp3) is 0.846. The van der Waals surface area contributed by atoms with Gasteiger partial charge in [-0.2, -0.15) is 0 Å². The van der Waals surface area contributed by atoms with Crippen LogP contribution in [0, 0.1) is 11.8 Å². The van der Waals surface area contributed by atoms with Crippen molar-refractivity contribution in [2.75, 3.05) is 26.2 Å². The normalized spacial score (nSPS) is 16.6. The molecular formula is C13H25N3O2. The second-order valence-electron chi connectivity index (χ2n) is 5.19. The van der Waals surface area contributed by atoms with Gasteiger partial charge in [-0.25, -0.2) is 0 Å². The molecule has 1 saturated heterocycles. The van der Waals surface area contributed by atoms with Crippen molar-refractivity contribution in [3.05, 3.63) is 0 Å². The minimum atomic E-state index is -0.00422. The first kappa shape index (κ1) is 15.0. The number of rotatable bonds is 6. The summed E-state index contributed by atoms with van der Waals surface area (Å²) in [6, 6.07) is 0. The molecule has 0 radical (unpaired) electrons. The molecule has 104 valence electrons. The molecule has 0 aliphatic carbocycles. The predicted molar refractivity (Wildman–Crippen MR) is 71.1 cm³/mol. The van der Waals surface area contributed by atoms with Crippen LogP contribution >= 0.6 is 0 Å². The maximum atomic E-state index is 11.6. The third-order valence-electron chi connectivity index (χ3n) is 3.20. The van der Waals surface area contributed by atoms with E-state index < -0.39 is 0 Å².